The topological polar surface area (TPSA) is 41.9 Å². The van der Waals surface area contributed by atoms with E-state index in [1.165, 1.54) is 11.8 Å². The third-order valence-corrected chi connectivity index (χ3v) is 4.37. The summed E-state index contributed by atoms with van der Waals surface area (Å²) in [6.07, 6.45) is 3.74. The van der Waals surface area contributed by atoms with Gasteiger partial charge in [-0.3, -0.25) is 9.69 Å². The lowest BCUT2D eigenvalue weighted by atomic mass is 10.1. The molecule has 0 radical (unpaired) electrons. The molecule has 2 aromatic carbocycles. The van der Waals surface area contributed by atoms with E-state index in [0.29, 0.717) is 12.2 Å². The average Bonchev–Trinajstić information content (AvgIpc) is 2.92. The second kappa shape index (κ2) is 7.36. The summed E-state index contributed by atoms with van der Waals surface area (Å²) < 4.78 is 5.15. The highest BCUT2D eigenvalue weighted by Gasteiger charge is 2.29. The Bertz CT molecular complexity index is 783. The van der Waals surface area contributed by atoms with Crippen LogP contribution in [-0.2, 0) is 11.3 Å². The van der Waals surface area contributed by atoms with Crippen molar-refractivity contribution in [3.05, 3.63) is 71.4 Å². The number of rotatable bonds is 4. The molecule has 24 heavy (non-hydrogen) atoms. The van der Waals surface area contributed by atoms with Gasteiger partial charge in [-0.05, 0) is 35.6 Å². The van der Waals surface area contributed by atoms with Crippen molar-refractivity contribution in [1.82, 2.24) is 4.90 Å². The van der Waals surface area contributed by atoms with Crippen LogP contribution in [0.3, 0.4) is 0 Å². The standard InChI is InChI=1S/C19H18N2O2S/c1-23-16-10-8-14(9-11-16)12-17-18(22)21(19(20-17)24-2)13-15-6-4-3-5-7-15/h3-12H,13H2,1-2H3/b17-12-. The highest BCUT2D eigenvalue weighted by Crippen LogP contribution is 2.25. The molecule has 0 atom stereocenters. The molecule has 122 valence electrons. The number of ether oxygens (including phenoxy) is 1. The normalized spacial score (nSPS) is 15.8. The van der Waals surface area contributed by atoms with E-state index < -0.39 is 0 Å². The molecule has 0 aromatic heterocycles. The van der Waals surface area contributed by atoms with Gasteiger partial charge in [0.1, 0.15) is 11.4 Å². The van der Waals surface area contributed by atoms with E-state index in [1.54, 1.807) is 12.0 Å². The number of hydrogen-bond donors (Lipinski definition) is 0. The van der Waals surface area contributed by atoms with E-state index in [-0.39, 0.29) is 5.91 Å². The first-order valence-corrected chi connectivity index (χ1v) is 8.78. The SMILES string of the molecule is COc1ccc(/C=C2\N=C(SC)N(Cc3ccccc3)C2=O)cc1. The van der Waals surface area contributed by atoms with Gasteiger partial charge in [0, 0.05) is 0 Å². The number of carbonyl (C=O) groups excluding carboxylic acids is 1. The Balaban J connectivity index is 1.83. The lowest BCUT2D eigenvalue weighted by Gasteiger charge is -2.16. The van der Waals surface area contributed by atoms with E-state index in [0.717, 1.165) is 22.0 Å². The Hall–Kier alpha value is -2.53. The van der Waals surface area contributed by atoms with Crippen LogP contribution in [-0.4, -0.2) is 29.3 Å². The van der Waals surface area contributed by atoms with Crippen molar-refractivity contribution >= 4 is 28.9 Å². The van der Waals surface area contributed by atoms with E-state index in [2.05, 4.69) is 4.99 Å². The lowest BCUT2D eigenvalue weighted by molar-refractivity contribution is -0.122. The summed E-state index contributed by atoms with van der Waals surface area (Å²) in [6, 6.07) is 17.5. The minimum absolute atomic E-state index is 0.0704. The fourth-order valence-corrected chi connectivity index (χ4v) is 3.01. The van der Waals surface area contributed by atoms with Gasteiger partial charge >= 0.3 is 0 Å². The largest absolute Gasteiger partial charge is 0.497 e. The summed E-state index contributed by atoms with van der Waals surface area (Å²) in [6.45, 7) is 0.527. The molecule has 0 aliphatic carbocycles. The second-order valence-electron chi connectivity index (χ2n) is 5.28. The molecule has 0 N–H and O–H groups in total. The number of aliphatic imine (C=N–C) groups is 1. The second-order valence-corrected chi connectivity index (χ2v) is 6.05. The van der Waals surface area contributed by atoms with Crippen LogP contribution in [0, 0.1) is 0 Å². The van der Waals surface area contributed by atoms with Crippen LogP contribution in [0.2, 0.25) is 0 Å². The molecule has 4 nitrogen and oxygen atoms in total. The van der Waals surface area contributed by atoms with Crippen LogP contribution in [0.25, 0.3) is 6.08 Å². The molecule has 1 amide bonds. The fourth-order valence-electron chi connectivity index (χ4n) is 2.45. The quantitative estimate of drug-likeness (QED) is 0.796. The van der Waals surface area contributed by atoms with Crippen molar-refractivity contribution in [3.8, 4) is 5.75 Å². The van der Waals surface area contributed by atoms with Crippen LogP contribution in [0.15, 0.2) is 65.3 Å². The zero-order valence-corrected chi connectivity index (χ0v) is 14.4. The molecule has 3 rings (SSSR count). The Morgan fingerprint density at radius 3 is 2.46 bits per heavy atom. The minimum Gasteiger partial charge on any atom is -0.497 e. The predicted molar refractivity (Wildman–Crippen MR) is 98.9 cm³/mol. The summed E-state index contributed by atoms with van der Waals surface area (Å²) in [5, 5.41) is 0.726. The Morgan fingerprint density at radius 2 is 1.83 bits per heavy atom. The smallest absolute Gasteiger partial charge is 0.278 e. The summed E-state index contributed by atoms with van der Waals surface area (Å²) in [4.78, 5) is 18.9. The van der Waals surface area contributed by atoms with Gasteiger partial charge in [0.15, 0.2) is 5.17 Å². The van der Waals surface area contributed by atoms with Gasteiger partial charge in [0.25, 0.3) is 5.91 Å². The zero-order valence-electron chi connectivity index (χ0n) is 13.6. The van der Waals surface area contributed by atoms with Gasteiger partial charge in [0.2, 0.25) is 0 Å². The van der Waals surface area contributed by atoms with E-state index in [9.17, 15) is 4.79 Å². The molecule has 0 spiro atoms. The van der Waals surface area contributed by atoms with E-state index in [1.807, 2.05) is 66.9 Å². The maximum absolute atomic E-state index is 12.7. The molecular formula is C19H18N2O2S. The summed E-state index contributed by atoms with van der Waals surface area (Å²) >= 11 is 1.48. The van der Waals surface area contributed by atoms with Crippen molar-refractivity contribution in [2.24, 2.45) is 4.99 Å². The van der Waals surface area contributed by atoms with Gasteiger partial charge < -0.3 is 4.74 Å². The number of carbonyl (C=O) groups is 1. The van der Waals surface area contributed by atoms with Crippen molar-refractivity contribution in [2.45, 2.75) is 6.54 Å². The number of nitrogens with zero attached hydrogens (tertiary/aromatic N) is 2. The molecule has 1 aliphatic rings. The third kappa shape index (κ3) is 3.51. The monoisotopic (exact) mass is 338 g/mol. The number of hydrogen-bond acceptors (Lipinski definition) is 4. The molecule has 1 heterocycles. The van der Waals surface area contributed by atoms with E-state index in [4.69, 9.17) is 4.74 Å². The Kier molecular flexibility index (Phi) is 5.01. The number of thioether (sulfide) groups is 1. The molecule has 2 aromatic rings. The van der Waals surface area contributed by atoms with Gasteiger partial charge in [-0.1, -0.05) is 54.2 Å². The number of amides is 1. The van der Waals surface area contributed by atoms with Gasteiger partial charge in [0.05, 0.1) is 13.7 Å². The molecule has 1 aliphatic heterocycles. The Labute approximate surface area is 145 Å². The summed E-state index contributed by atoms with van der Waals surface area (Å²) in [7, 11) is 1.63. The van der Waals surface area contributed by atoms with Crippen LogP contribution in [0.1, 0.15) is 11.1 Å². The third-order valence-electron chi connectivity index (χ3n) is 3.70. The number of amidine groups is 1. The summed E-state index contributed by atoms with van der Waals surface area (Å²) in [5.74, 6) is 0.716. The lowest BCUT2D eigenvalue weighted by Crippen LogP contribution is -2.29. The van der Waals surface area contributed by atoms with Crippen LogP contribution in [0.4, 0.5) is 0 Å². The fraction of sp³-hybridized carbons (Fsp3) is 0.158. The molecule has 0 bridgehead atoms. The van der Waals surface area contributed by atoms with Crippen molar-refractivity contribution in [1.29, 1.82) is 0 Å². The van der Waals surface area contributed by atoms with Crippen molar-refractivity contribution in [2.75, 3.05) is 13.4 Å². The number of methoxy groups -OCH3 is 1. The molecule has 0 saturated heterocycles. The average molecular weight is 338 g/mol. The predicted octanol–water partition coefficient (Wildman–Crippen LogP) is 3.80. The molecule has 0 saturated carbocycles. The van der Waals surface area contributed by atoms with Crippen LogP contribution < -0.4 is 4.74 Å². The first-order valence-electron chi connectivity index (χ1n) is 7.55. The van der Waals surface area contributed by atoms with Crippen molar-refractivity contribution < 1.29 is 9.53 Å². The van der Waals surface area contributed by atoms with Crippen LogP contribution >= 0.6 is 11.8 Å². The summed E-state index contributed by atoms with van der Waals surface area (Å²) in [5.41, 5.74) is 2.46. The first-order chi connectivity index (χ1) is 11.7. The number of benzene rings is 2. The van der Waals surface area contributed by atoms with Gasteiger partial charge in [-0.15, -0.1) is 0 Å². The van der Waals surface area contributed by atoms with E-state index >= 15 is 0 Å². The maximum Gasteiger partial charge on any atom is 0.278 e. The highest BCUT2D eigenvalue weighted by atomic mass is 32.2. The van der Waals surface area contributed by atoms with Crippen molar-refractivity contribution in [3.63, 3.8) is 0 Å². The molecular weight excluding hydrogens is 320 g/mol. The molecule has 0 unspecified atom stereocenters. The minimum atomic E-state index is -0.0704. The molecule has 0 fully saturated rings. The van der Waals surface area contributed by atoms with Gasteiger partial charge in [-0.2, -0.15) is 0 Å². The Morgan fingerprint density at radius 1 is 1.12 bits per heavy atom. The first kappa shape index (κ1) is 16.3. The van der Waals surface area contributed by atoms with Gasteiger partial charge in [-0.25, -0.2) is 4.99 Å². The molecule has 5 heteroatoms. The van der Waals surface area contributed by atoms with Crippen LogP contribution in [0.5, 0.6) is 5.75 Å². The maximum atomic E-state index is 12.7. The highest BCUT2D eigenvalue weighted by molar-refractivity contribution is 8.13. The zero-order chi connectivity index (χ0) is 16.9.